The summed E-state index contributed by atoms with van der Waals surface area (Å²) in [5, 5.41) is 5.13. The van der Waals surface area contributed by atoms with Crippen LogP contribution in [0.4, 0.5) is 5.69 Å². The Hall–Kier alpha value is -4.52. The molecule has 1 amide bonds. The van der Waals surface area contributed by atoms with Gasteiger partial charge in [0.2, 0.25) is 11.6 Å². The average molecular weight is 497 g/mol. The SMILES string of the molecule is CCOc1cc(C(=O)Nc2ccc3oc(-c4cccc5ccccc45)nc3c2)cc(OCC)c1OCC. The highest BCUT2D eigenvalue weighted by atomic mass is 16.5. The topological polar surface area (TPSA) is 82.8 Å². The van der Waals surface area contributed by atoms with E-state index in [1.807, 2.05) is 51.1 Å². The number of hydrogen-bond donors (Lipinski definition) is 1. The Bertz CT molecular complexity index is 1540. The van der Waals surface area contributed by atoms with Crippen molar-refractivity contribution in [2.24, 2.45) is 0 Å². The molecule has 7 heteroatoms. The van der Waals surface area contributed by atoms with Gasteiger partial charge in [0.05, 0.1) is 19.8 Å². The van der Waals surface area contributed by atoms with Gasteiger partial charge >= 0.3 is 0 Å². The highest BCUT2D eigenvalue weighted by molar-refractivity contribution is 6.06. The van der Waals surface area contributed by atoms with Crippen molar-refractivity contribution in [1.82, 2.24) is 4.98 Å². The van der Waals surface area contributed by atoms with Crippen LogP contribution >= 0.6 is 0 Å². The number of benzene rings is 4. The maximum atomic E-state index is 13.2. The van der Waals surface area contributed by atoms with Gasteiger partial charge in [-0.05, 0) is 67.9 Å². The third-order valence-corrected chi connectivity index (χ3v) is 5.84. The van der Waals surface area contributed by atoms with Gasteiger partial charge in [0.1, 0.15) is 5.52 Å². The number of anilines is 1. The number of hydrogen-bond acceptors (Lipinski definition) is 6. The lowest BCUT2D eigenvalue weighted by Gasteiger charge is -2.17. The minimum atomic E-state index is -0.304. The van der Waals surface area contributed by atoms with Crippen molar-refractivity contribution in [3.8, 4) is 28.7 Å². The first kappa shape index (κ1) is 24.2. The molecule has 0 fully saturated rings. The molecule has 1 N–H and O–H groups in total. The predicted molar refractivity (Wildman–Crippen MR) is 145 cm³/mol. The monoisotopic (exact) mass is 496 g/mol. The second-order valence-electron chi connectivity index (χ2n) is 8.28. The molecule has 188 valence electrons. The molecular formula is C30H28N2O5. The molecule has 0 spiro atoms. The highest BCUT2D eigenvalue weighted by Crippen LogP contribution is 2.39. The molecule has 0 radical (unpaired) electrons. The molecule has 0 bridgehead atoms. The number of nitrogens with zero attached hydrogens (tertiary/aromatic N) is 1. The lowest BCUT2D eigenvalue weighted by molar-refractivity contribution is 0.102. The van der Waals surface area contributed by atoms with E-state index in [1.54, 1.807) is 24.3 Å². The van der Waals surface area contributed by atoms with Gasteiger partial charge in [-0.1, -0.05) is 36.4 Å². The van der Waals surface area contributed by atoms with Crippen molar-refractivity contribution >= 4 is 33.5 Å². The van der Waals surface area contributed by atoms with Gasteiger partial charge in [-0.2, -0.15) is 0 Å². The summed E-state index contributed by atoms with van der Waals surface area (Å²) in [5.41, 5.74) is 3.20. The molecule has 0 atom stereocenters. The Morgan fingerprint density at radius 2 is 1.54 bits per heavy atom. The number of rotatable bonds is 9. The normalized spacial score (nSPS) is 11.0. The molecule has 0 aliphatic heterocycles. The van der Waals surface area contributed by atoms with E-state index in [4.69, 9.17) is 23.6 Å². The molecule has 0 aliphatic rings. The smallest absolute Gasteiger partial charge is 0.255 e. The second-order valence-corrected chi connectivity index (χ2v) is 8.28. The molecule has 1 aromatic heterocycles. The summed E-state index contributed by atoms with van der Waals surface area (Å²) in [6.45, 7) is 6.95. The molecule has 5 aromatic rings. The van der Waals surface area contributed by atoms with E-state index in [0.29, 0.717) is 65.3 Å². The number of ether oxygens (including phenoxy) is 3. The van der Waals surface area contributed by atoms with Crippen LogP contribution in [0.25, 0.3) is 33.3 Å². The van der Waals surface area contributed by atoms with Crippen LogP contribution in [0.3, 0.4) is 0 Å². The Morgan fingerprint density at radius 3 is 2.27 bits per heavy atom. The van der Waals surface area contributed by atoms with Gasteiger partial charge in [-0.3, -0.25) is 4.79 Å². The number of aromatic nitrogens is 1. The van der Waals surface area contributed by atoms with Crippen molar-refractivity contribution in [2.45, 2.75) is 20.8 Å². The molecule has 0 saturated carbocycles. The summed E-state index contributed by atoms with van der Waals surface area (Å²) in [7, 11) is 0. The van der Waals surface area contributed by atoms with Crippen LogP contribution in [0.15, 0.2) is 77.2 Å². The highest BCUT2D eigenvalue weighted by Gasteiger charge is 2.19. The molecule has 7 nitrogen and oxygen atoms in total. The van der Waals surface area contributed by atoms with Gasteiger partial charge < -0.3 is 23.9 Å². The van der Waals surface area contributed by atoms with Crippen LogP contribution in [0.1, 0.15) is 31.1 Å². The zero-order valence-electron chi connectivity index (χ0n) is 21.0. The summed E-state index contributed by atoms with van der Waals surface area (Å²) in [6.07, 6.45) is 0. The Balaban J connectivity index is 1.45. The van der Waals surface area contributed by atoms with Crippen molar-refractivity contribution in [3.05, 3.63) is 78.4 Å². The standard InChI is InChI=1S/C30H28N2O5/c1-4-34-26-16-20(17-27(35-5-2)28(26)36-6-3)29(33)31-21-14-15-25-24(18-21)32-30(37-25)23-13-9-11-19-10-7-8-12-22(19)23/h7-18H,4-6H2,1-3H3,(H,31,33). The van der Waals surface area contributed by atoms with Crippen LogP contribution in [0.5, 0.6) is 17.2 Å². The number of carbonyl (C=O) groups is 1. The van der Waals surface area contributed by atoms with Crippen LogP contribution in [-0.4, -0.2) is 30.7 Å². The summed E-state index contributed by atoms with van der Waals surface area (Å²) >= 11 is 0. The molecule has 37 heavy (non-hydrogen) atoms. The van der Waals surface area contributed by atoms with E-state index in [-0.39, 0.29) is 5.91 Å². The summed E-state index contributed by atoms with van der Waals surface area (Å²) in [4.78, 5) is 17.9. The summed E-state index contributed by atoms with van der Waals surface area (Å²) < 4.78 is 23.3. The fourth-order valence-corrected chi connectivity index (χ4v) is 4.26. The van der Waals surface area contributed by atoms with Crippen LogP contribution in [0, 0.1) is 0 Å². The maximum absolute atomic E-state index is 13.2. The van der Waals surface area contributed by atoms with Gasteiger partial charge in [-0.15, -0.1) is 0 Å². The van der Waals surface area contributed by atoms with E-state index in [2.05, 4.69) is 23.5 Å². The second kappa shape index (κ2) is 10.6. The minimum absolute atomic E-state index is 0.304. The minimum Gasteiger partial charge on any atom is -0.490 e. The lowest BCUT2D eigenvalue weighted by Crippen LogP contribution is -2.13. The van der Waals surface area contributed by atoms with Gasteiger partial charge in [0.15, 0.2) is 17.1 Å². The van der Waals surface area contributed by atoms with E-state index in [1.165, 1.54) is 0 Å². The predicted octanol–water partition coefficient (Wildman–Crippen LogP) is 7.10. The average Bonchev–Trinajstić information content (AvgIpc) is 3.33. The van der Waals surface area contributed by atoms with Gasteiger partial charge in [0.25, 0.3) is 5.91 Å². The molecule has 0 unspecified atom stereocenters. The van der Waals surface area contributed by atoms with E-state index < -0.39 is 0 Å². The largest absolute Gasteiger partial charge is 0.490 e. The van der Waals surface area contributed by atoms with Crippen LogP contribution in [0.2, 0.25) is 0 Å². The lowest BCUT2D eigenvalue weighted by atomic mass is 10.0. The quantitative estimate of drug-likeness (QED) is 0.234. The Labute approximate surface area is 215 Å². The van der Waals surface area contributed by atoms with Crippen molar-refractivity contribution < 1.29 is 23.4 Å². The van der Waals surface area contributed by atoms with Gasteiger partial charge in [0, 0.05) is 16.8 Å². The molecule has 5 rings (SSSR count). The molecule has 0 saturated heterocycles. The summed E-state index contributed by atoms with van der Waals surface area (Å²) in [6, 6.07) is 22.9. The first-order valence-corrected chi connectivity index (χ1v) is 12.4. The number of oxazole rings is 1. The van der Waals surface area contributed by atoms with Crippen molar-refractivity contribution in [2.75, 3.05) is 25.1 Å². The van der Waals surface area contributed by atoms with Crippen LogP contribution in [-0.2, 0) is 0 Å². The third-order valence-electron chi connectivity index (χ3n) is 5.84. The number of carbonyl (C=O) groups excluding carboxylic acids is 1. The fraction of sp³-hybridized carbons (Fsp3) is 0.200. The van der Waals surface area contributed by atoms with Crippen molar-refractivity contribution in [3.63, 3.8) is 0 Å². The zero-order valence-corrected chi connectivity index (χ0v) is 21.0. The first-order valence-electron chi connectivity index (χ1n) is 12.4. The third kappa shape index (κ3) is 4.93. The fourth-order valence-electron chi connectivity index (χ4n) is 4.26. The number of amides is 1. The van der Waals surface area contributed by atoms with Gasteiger partial charge in [-0.25, -0.2) is 4.98 Å². The summed E-state index contributed by atoms with van der Waals surface area (Å²) in [5.74, 6) is 1.65. The molecule has 0 aliphatic carbocycles. The van der Waals surface area contributed by atoms with Crippen LogP contribution < -0.4 is 19.5 Å². The zero-order chi connectivity index (χ0) is 25.8. The Kier molecular flexibility index (Phi) is 6.94. The van der Waals surface area contributed by atoms with E-state index in [9.17, 15) is 4.79 Å². The molecular weight excluding hydrogens is 468 g/mol. The number of fused-ring (bicyclic) bond motifs is 2. The van der Waals surface area contributed by atoms with E-state index >= 15 is 0 Å². The molecule has 1 heterocycles. The first-order chi connectivity index (χ1) is 18.1. The van der Waals surface area contributed by atoms with E-state index in [0.717, 1.165) is 16.3 Å². The molecule has 4 aromatic carbocycles. The Morgan fingerprint density at radius 1 is 0.838 bits per heavy atom. The van der Waals surface area contributed by atoms with Crippen molar-refractivity contribution in [1.29, 1.82) is 0 Å². The number of nitrogens with one attached hydrogen (secondary N) is 1. The maximum Gasteiger partial charge on any atom is 0.255 e.